The molecule has 0 radical (unpaired) electrons. The standard InChI is InChI=1S/C24H24F3N5O6/c1-23(24(25,26)27)21(34)31(19-12-29-17(11-30-19)18-13-38-7-6-28-18)22(35)32(23)20(33)5-4-14-8-15(36-2)10-16(9-14)37-3/h4-5,8-12,18,28H,6-7,13H2,1-3H3/b5-4+. The van der Waals surface area contributed by atoms with E-state index in [1.807, 2.05) is 0 Å². The third-order valence-electron chi connectivity index (χ3n) is 6.18. The van der Waals surface area contributed by atoms with Gasteiger partial charge in [0.1, 0.15) is 11.5 Å². The molecule has 2 atom stereocenters. The van der Waals surface area contributed by atoms with Crippen molar-refractivity contribution in [2.24, 2.45) is 0 Å². The Kier molecular flexibility index (Phi) is 7.37. The van der Waals surface area contributed by atoms with E-state index in [-0.39, 0.29) is 15.8 Å². The summed E-state index contributed by atoms with van der Waals surface area (Å²) in [6.07, 6.45) is -1.11. The first-order valence-electron chi connectivity index (χ1n) is 11.3. The largest absolute Gasteiger partial charge is 0.497 e. The van der Waals surface area contributed by atoms with Crippen molar-refractivity contribution in [1.82, 2.24) is 20.2 Å². The lowest BCUT2D eigenvalue weighted by Crippen LogP contribution is -2.59. The molecule has 1 aromatic carbocycles. The van der Waals surface area contributed by atoms with Gasteiger partial charge in [0.05, 0.1) is 51.6 Å². The van der Waals surface area contributed by atoms with Crippen molar-refractivity contribution in [1.29, 1.82) is 0 Å². The number of urea groups is 1. The summed E-state index contributed by atoms with van der Waals surface area (Å²) in [4.78, 5) is 47.4. The number of nitrogens with zero attached hydrogens (tertiary/aromatic N) is 4. The number of nitrogens with one attached hydrogen (secondary N) is 1. The Morgan fingerprint density at radius 1 is 1.16 bits per heavy atom. The van der Waals surface area contributed by atoms with Crippen LogP contribution < -0.4 is 19.7 Å². The molecular formula is C24H24F3N5O6. The summed E-state index contributed by atoms with van der Waals surface area (Å²) in [6, 6.07) is 2.75. The maximum atomic E-state index is 14.2. The van der Waals surface area contributed by atoms with Crippen molar-refractivity contribution in [3.05, 3.63) is 47.9 Å². The van der Waals surface area contributed by atoms with Crippen LogP contribution in [-0.2, 0) is 14.3 Å². The fourth-order valence-corrected chi connectivity index (χ4v) is 4.01. The van der Waals surface area contributed by atoms with E-state index in [9.17, 15) is 27.6 Å². The molecule has 4 amide bonds. The zero-order valence-electron chi connectivity index (χ0n) is 20.6. The molecule has 2 unspecified atom stereocenters. The molecule has 2 fully saturated rings. The molecular weight excluding hydrogens is 511 g/mol. The first-order valence-corrected chi connectivity index (χ1v) is 11.3. The number of methoxy groups -OCH3 is 2. The molecule has 11 nitrogen and oxygen atoms in total. The van der Waals surface area contributed by atoms with Gasteiger partial charge in [-0.1, -0.05) is 0 Å². The van der Waals surface area contributed by atoms with Crippen LogP contribution in [0.15, 0.2) is 36.7 Å². The van der Waals surface area contributed by atoms with E-state index in [1.165, 1.54) is 38.6 Å². The van der Waals surface area contributed by atoms with Crippen LogP contribution in [0.2, 0.25) is 0 Å². The van der Waals surface area contributed by atoms with E-state index in [1.54, 1.807) is 6.07 Å². The molecule has 2 aliphatic heterocycles. The molecule has 0 saturated carbocycles. The molecule has 0 spiro atoms. The van der Waals surface area contributed by atoms with Gasteiger partial charge in [-0.2, -0.15) is 13.2 Å². The number of carbonyl (C=O) groups excluding carboxylic acids is 3. The second-order valence-electron chi connectivity index (χ2n) is 8.53. The van der Waals surface area contributed by atoms with E-state index in [4.69, 9.17) is 14.2 Å². The van der Waals surface area contributed by atoms with Crippen molar-refractivity contribution in [2.75, 3.05) is 38.9 Å². The minimum atomic E-state index is -5.28. The molecule has 1 N–H and O–H groups in total. The van der Waals surface area contributed by atoms with Crippen LogP contribution in [0.1, 0.15) is 24.2 Å². The average molecular weight is 535 g/mol. The van der Waals surface area contributed by atoms with Gasteiger partial charge in [-0.25, -0.2) is 19.6 Å². The molecule has 4 rings (SSSR count). The Balaban J connectivity index is 1.66. The van der Waals surface area contributed by atoms with E-state index in [0.717, 1.165) is 12.3 Å². The number of morpholine rings is 1. The third-order valence-corrected chi connectivity index (χ3v) is 6.18. The van der Waals surface area contributed by atoms with Gasteiger partial charge in [-0.05, 0) is 30.7 Å². The quantitative estimate of drug-likeness (QED) is 0.439. The number of aromatic nitrogens is 2. The molecule has 2 aromatic rings. The molecule has 2 saturated heterocycles. The fraction of sp³-hybridized carbons (Fsp3) is 0.375. The molecule has 38 heavy (non-hydrogen) atoms. The van der Waals surface area contributed by atoms with Gasteiger partial charge in [0.15, 0.2) is 5.82 Å². The summed E-state index contributed by atoms with van der Waals surface area (Å²) in [5, 5.41) is 3.14. The van der Waals surface area contributed by atoms with E-state index in [2.05, 4.69) is 15.3 Å². The van der Waals surface area contributed by atoms with Crippen LogP contribution in [0.5, 0.6) is 11.5 Å². The van der Waals surface area contributed by atoms with Crippen molar-refractivity contribution in [3.63, 3.8) is 0 Å². The SMILES string of the molecule is COc1cc(/C=C/C(=O)N2C(=O)N(c3cnc(C4COCCN4)cn3)C(=O)C2(C)C(F)(F)F)cc(OC)c1. The molecule has 1 aromatic heterocycles. The van der Waals surface area contributed by atoms with Gasteiger partial charge >= 0.3 is 12.2 Å². The number of amides is 4. The van der Waals surface area contributed by atoms with E-state index in [0.29, 0.717) is 49.4 Å². The van der Waals surface area contributed by atoms with Gasteiger partial charge in [0.25, 0.3) is 11.8 Å². The van der Waals surface area contributed by atoms with E-state index < -0.39 is 35.4 Å². The molecule has 0 aliphatic carbocycles. The van der Waals surface area contributed by atoms with Crippen LogP contribution >= 0.6 is 0 Å². The van der Waals surface area contributed by atoms with Gasteiger partial charge in [0.2, 0.25) is 5.54 Å². The number of hydrogen-bond acceptors (Lipinski definition) is 9. The molecule has 2 aliphatic rings. The number of benzene rings is 1. The van der Waals surface area contributed by atoms with Crippen LogP contribution in [0.4, 0.5) is 23.8 Å². The highest BCUT2D eigenvalue weighted by Gasteiger charge is 2.71. The lowest BCUT2D eigenvalue weighted by atomic mass is 9.99. The summed E-state index contributed by atoms with van der Waals surface area (Å²) in [5.74, 6) is -2.76. The van der Waals surface area contributed by atoms with Crippen molar-refractivity contribution in [2.45, 2.75) is 24.7 Å². The fourth-order valence-electron chi connectivity index (χ4n) is 4.01. The van der Waals surface area contributed by atoms with Gasteiger partial charge in [-0.15, -0.1) is 0 Å². The first kappa shape index (κ1) is 27.0. The Labute approximate surface area is 215 Å². The van der Waals surface area contributed by atoms with Crippen molar-refractivity contribution >= 4 is 29.7 Å². The van der Waals surface area contributed by atoms with Gasteiger partial charge in [-0.3, -0.25) is 14.6 Å². The molecule has 3 heterocycles. The molecule has 14 heteroatoms. The Bertz CT molecular complexity index is 1240. The highest BCUT2D eigenvalue weighted by molar-refractivity contribution is 6.28. The molecule has 202 valence electrons. The minimum absolute atomic E-state index is 0.130. The van der Waals surface area contributed by atoms with Crippen LogP contribution in [-0.4, -0.2) is 78.4 Å². The lowest BCUT2D eigenvalue weighted by Gasteiger charge is -2.31. The number of alkyl halides is 3. The number of rotatable bonds is 6. The number of carbonyl (C=O) groups is 3. The summed E-state index contributed by atoms with van der Waals surface area (Å²) in [6.45, 7) is 1.85. The Morgan fingerprint density at radius 3 is 2.37 bits per heavy atom. The van der Waals surface area contributed by atoms with E-state index >= 15 is 0 Å². The minimum Gasteiger partial charge on any atom is -0.497 e. The number of ether oxygens (including phenoxy) is 3. The van der Waals surface area contributed by atoms with Gasteiger partial charge in [0, 0.05) is 18.7 Å². The first-order chi connectivity index (χ1) is 18.0. The monoisotopic (exact) mass is 535 g/mol. The number of halogens is 3. The maximum Gasteiger partial charge on any atom is 0.421 e. The predicted octanol–water partition coefficient (Wildman–Crippen LogP) is 2.48. The zero-order chi connectivity index (χ0) is 27.7. The van der Waals surface area contributed by atoms with Gasteiger partial charge < -0.3 is 19.5 Å². The Morgan fingerprint density at radius 2 is 1.84 bits per heavy atom. The molecule has 0 bridgehead atoms. The van der Waals surface area contributed by atoms with Crippen LogP contribution in [0, 0.1) is 0 Å². The highest BCUT2D eigenvalue weighted by Crippen LogP contribution is 2.43. The lowest BCUT2D eigenvalue weighted by molar-refractivity contribution is -0.209. The number of imide groups is 2. The number of hydrogen-bond donors (Lipinski definition) is 1. The van der Waals surface area contributed by atoms with Crippen LogP contribution in [0.3, 0.4) is 0 Å². The smallest absolute Gasteiger partial charge is 0.421 e. The summed E-state index contributed by atoms with van der Waals surface area (Å²) < 4.78 is 58.3. The van der Waals surface area contributed by atoms with Crippen molar-refractivity contribution < 1.29 is 41.8 Å². The highest BCUT2D eigenvalue weighted by atomic mass is 19.4. The number of anilines is 1. The zero-order valence-corrected chi connectivity index (χ0v) is 20.6. The maximum absolute atomic E-state index is 14.2. The Hall–Kier alpha value is -4.04. The summed E-state index contributed by atoms with van der Waals surface area (Å²) in [7, 11) is 2.81. The summed E-state index contributed by atoms with van der Waals surface area (Å²) in [5.41, 5.74) is -2.72. The average Bonchev–Trinajstić information content (AvgIpc) is 3.13. The topological polar surface area (TPSA) is 123 Å². The normalized spacial score (nSPS) is 22.3. The predicted molar refractivity (Wildman–Crippen MR) is 126 cm³/mol. The second-order valence-corrected chi connectivity index (χ2v) is 8.53. The third kappa shape index (κ3) is 4.79. The van der Waals surface area contributed by atoms with Crippen molar-refractivity contribution in [3.8, 4) is 11.5 Å². The summed E-state index contributed by atoms with van der Waals surface area (Å²) >= 11 is 0. The van der Waals surface area contributed by atoms with Crippen LogP contribution in [0.25, 0.3) is 6.08 Å². The second kappa shape index (κ2) is 10.4.